The molecule has 3 aromatic carbocycles. The number of benzene rings is 3. The first-order valence-electron chi connectivity index (χ1n) is 17.3. The molecule has 51 heavy (non-hydrogen) atoms. The minimum Gasteiger partial charge on any atom is -0.322 e. The quantitative estimate of drug-likeness (QED) is 0.0691. The van der Waals surface area contributed by atoms with Crippen LogP contribution < -0.4 is 16.2 Å². The molecule has 0 atom stereocenters. The Morgan fingerprint density at radius 1 is 0.804 bits per heavy atom. The highest BCUT2D eigenvalue weighted by Gasteiger charge is 2.24. The third-order valence-corrected chi connectivity index (χ3v) is 10.7. The van der Waals surface area contributed by atoms with E-state index in [1.54, 1.807) is 13.0 Å². The zero-order valence-electron chi connectivity index (χ0n) is 29.2. The Morgan fingerprint density at radius 2 is 1.45 bits per heavy atom. The van der Waals surface area contributed by atoms with Crippen LogP contribution >= 0.6 is 58.2 Å². The summed E-state index contributed by atoms with van der Waals surface area (Å²) in [5, 5.41) is 9.35. The van der Waals surface area contributed by atoms with Gasteiger partial charge in [-0.2, -0.15) is 0 Å². The van der Waals surface area contributed by atoms with Crippen LogP contribution in [0, 0.1) is 0 Å². The van der Waals surface area contributed by atoms with E-state index in [-0.39, 0.29) is 37.0 Å². The lowest BCUT2D eigenvalue weighted by molar-refractivity contribution is -0.112. The van der Waals surface area contributed by atoms with Crippen LogP contribution in [-0.2, 0) is 17.6 Å². The monoisotopic (exact) mass is 788 g/mol. The lowest BCUT2D eigenvalue weighted by atomic mass is 10.0. The van der Waals surface area contributed by atoms with Crippen LogP contribution in [0.1, 0.15) is 100 Å². The van der Waals surface area contributed by atoms with Crippen molar-refractivity contribution in [3.05, 3.63) is 108 Å². The molecule has 0 aliphatic heterocycles. The van der Waals surface area contributed by atoms with Gasteiger partial charge in [-0.3, -0.25) is 19.5 Å². The molecule has 0 aliphatic rings. The number of nitrogens with zero attached hydrogens (tertiary/aromatic N) is 1. The van der Waals surface area contributed by atoms with Gasteiger partial charge < -0.3 is 10.6 Å². The van der Waals surface area contributed by atoms with Crippen molar-refractivity contribution in [2.24, 2.45) is 0 Å². The molecule has 0 unspecified atom stereocenters. The maximum Gasteiger partial charge on any atom is 0.287 e. The molecule has 2 amide bonds. The fourth-order valence-corrected chi connectivity index (χ4v) is 7.84. The number of halogens is 4. The molecule has 0 saturated heterocycles. The Hall–Kier alpha value is -3.14. The summed E-state index contributed by atoms with van der Waals surface area (Å²) in [6, 6.07) is 14.0. The van der Waals surface area contributed by atoms with E-state index in [1.165, 1.54) is 72.0 Å². The van der Waals surface area contributed by atoms with Crippen molar-refractivity contribution < 1.29 is 9.59 Å². The van der Waals surface area contributed by atoms with Gasteiger partial charge in [0.25, 0.3) is 17.4 Å². The maximum absolute atomic E-state index is 14.3. The Bertz CT molecular complexity index is 1910. The van der Waals surface area contributed by atoms with E-state index in [0.29, 0.717) is 16.3 Å². The first kappa shape index (κ1) is 40.6. The summed E-state index contributed by atoms with van der Waals surface area (Å²) in [6.07, 6.45) is 12.1. The van der Waals surface area contributed by atoms with Crippen LogP contribution in [0.15, 0.2) is 75.3 Å². The second kappa shape index (κ2) is 19.6. The van der Waals surface area contributed by atoms with Crippen molar-refractivity contribution in [3.8, 4) is 5.69 Å². The number of hydrogen-bond donors (Lipinski definition) is 3. The highest BCUT2D eigenvalue weighted by atomic mass is 35.5. The summed E-state index contributed by atoms with van der Waals surface area (Å²) < 4.78 is 1.21. The minimum absolute atomic E-state index is 0.0879. The SMILES string of the molecule is C=C(C)C(=O)Nc1ccc(Cl)c(C(=O)Nc2[nH]n(-c3c(Cl)cc(Cl)cc3Cl)c(=O)c2Sc2cc(CCCCC)ccc2CCCCCCCC)c1. The molecule has 0 aliphatic carbocycles. The van der Waals surface area contributed by atoms with Crippen LogP contribution in [0.4, 0.5) is 11.5 Å². The van der Waals surface area contributed by atoms with Gasteiger partial charge in [0.15, 0.2) is 0 Å². The van der Waals surface area contributed by atoms with Crippen LogP contribution in [0.3, 0.4) is 0 Å². The normalized spacial score (nSPS) is 11.1. The molecule has 7 nitrogen and oxygen atoms in total. The molecule has 1 heterocycles. The molecule has 1 aromatic heterocycles. The average molecular weight is 791 g/mol. The van der Waals surface area contributed by atoms with Crippen molar-refractivity contribution in [2.45, 2.75) is 101 Å². The molecule has 0 fully saturated rings. The molecule has 4 rings (SSSR count). The van der Waals surface area contributed by atoms with Crippen LogP contribution in [0.25, 0.3) is 5.69 Å². The van der Waals surface area contributed by atoms with Crippen molar-refractivity contribution in [1.29, 1.82) is 0 Å². The maximum atomic E-state index is 14.3. The molecule has 0 saturated carbocycles. The molecular formula is C39H44Cl4N4O3S. The van der Waals surface area contributed by atoms with Gasteiger partial charge in [-0.25, -0.2) is 4.68 Å². The number of hydrogen-bond acceptors (Lipinski definition) is 4. The smallest absolute Gasteiger partial charge is 0.287 e. The summed E-state index contributed by atoms with van der Waals surface area (Å²) in [7, 11) is 0. The second-order valence-electron chi connectivity index (χ2n) is 12.6. The largest absolute Gasteiger partial charge is 0.322 e. The topological polar surface area (TPSA) is 96.0 Å². The van der Waals surface area contributed by atoms with E-state index in [2.05, 4.69) is 54.4 Å². The Balaban J connectivity index is 1.77. The van der Waals surface area contributed by atoms with E-state index in [1.807, 2.05) is 0 Å². The number of H-pyrrole nitrogens is 1. The zero-order valence-corrected chi connectivity index (χ0v) is 33.0. The zero-order chi connectivity index (χ0) is 37.1. The second-order valence-corrected chi connectivity index (χ2v) is 15.3. The number of carbonyl (C=O) groups excluding carboxylic acids is 2. The molecule has 0 spiro atoms. The van der Waals surface area contributed by atoms with Gasteiger partial charge in [0.1, 0.15) is 16.4 Å². The van der Waals surface area contributed by atoms with Gasteiger partial charge in [-0.15, -0.1) is 0 Å². The van der Waals surface area contributed by atoms with E-state index < -0.39 is 17.4 Å². The van der Waals surface area contributed by atoms with E-state index in [9.17, 15) is 14.4 Å². The minimum atomic E-state index is -0.601. The van der Waals surface area contributed by atoms with E-state index >= 15 is 0 Å². The standard InChI is InChI=1S/C39H44Cl4N4O3S/c1-5-7-9-10-11-13-15-26-17-16-25(14-12-8-6-2)20-33(26)51-35-36(46-47(39(35)50)34-31(42)21-27(40)22-32(34)43)45-38(49)29-23-28(18-19-30(29)41)44-37(48)24(3)4/h16-23,46H,3,5-15H2,1-2,4H3,(H,44,48)(H,45,49). The van der Waals surface area contributed by atoms with Crippen LogP contribution in [0.2, 0.25) is 20.1 Å². The average Bonchev–Trinajstić information content (AvgIpc) is 3.37. The summed E-state index contributed by atoms with van der Waals surface area (Å²) >= 11 is 27.1. The Labute approximate surface area is 324 Å². The van der Waals surface area contributed by atoms with Gasteiger partial charge in [0.05, 0.1) is 20.6 Å². The van der Waals surface area contributed by atoms with Crippen molar-refractivity contribution >= 4 is 81.5 Å². The molecule has 0 radical (unpaired) electrons. The van der Waals surface area contributed by atoms with Gasteiger partial charge in [0.2, 0.25) is 0 Å². The van der Waals surface area contributed by atoms with E-state index in [4.69, 9.17) is 46.4 Å². The van der Waals surface area contributed by atoms with Crippen LogP contribution in [-0.4, -0.2) is 21.6 Å². The summed E-state index contributed by atoms with van der Waals surface area (Å²) in [5.74, 6) is -0.865. The molecular weight excluding hydrogens is 746 g/mol. The first-order chi connectivity index (χ1) is 24.4. The summed E-state index contributed by atoms with van der Waals surface area (Å²) in [6.45, 7) is 9.63. The van der Waals surface area contributed by atoms with Gasteiger partial charge >= 0.3 is 0 Å². The Morgan fingerprint density at radius 3 is 2.14 bits per heavy atom. The highest BCUT2D eigenvalue weighted by molar-refractivity contribution is 7.99. The van der Waals surface area contributed by atoms with Crippen molar-refractivity contribution in [1.82, 2.24) is 9.78 Å². The number of rotatable bonds is 18. The summed E-state index contributed by atoms with van der Waals surface area (Å²) in [5.41, 5.74) is 2.80. The number of aryl methyl sites for hydroxylation is 2. The fraction of sp³-hybridized carbons (Fsp3) is 0.359. The third-order valence-electron chi connectivity index (χ3n) is 8.36. The van der Waals surface area contributed by atoms with Gasteiger partial charge in [-0.1, -0.05) is 136 Å². The number of carbonyl (C=O) groups is 2. The van der Waals surface area contributed by atoms with Gasteiger partial charge in [0, 0.05) is 21.2 Å². The first-order valence-corrected chi connectivity index (χ1v) is 19.6. The lowest BCUT2D eigenvalue weighted by Crippen LogP contribution is -2.16. The van der Waals surface area contributed by atoms with Crippen molar-refractivity contribution in [3.63, 3.8) is 0 Å². The predicted octanol–water partition coefficient (Wildman–Crippen LogP) is 12.3. The number of amides is 2. The molecule has 272 valence electrons. The molecule has 3 N–H and O–H groups in total. The third kappa shape index (κ3) is 11.2. The molecule has 4 aromatic rings. The van der Waals surface area contributed by atoms with E-state index in [0.717, 1.165) is 55.4 Å². The molecule has 0 bridgehead atoms. The fourth-order valence-electron chi connectivity index (χ4n) is 5.54. The van der Waals surface area contributed by atoms with Crippen molar-refractivity contribution in [2.75, 3.05) is 10.6 Å². The lowest BCUT2D eigenvalue weighted by Gasteiger charge is -2.13. The van der Waals surface area contributed by atoms with Crippen LogP contribution in [0.5, 0.6) is 0 Å². The predicted molar refractivity (Wildman–Crippen MR) is 215 cm³/mol. The number of nitrogens with one attached hydrogen (secondary N) is 3. The molecule has 12 heteroatoms. The number of unbranched alkanes of at least 4 members (excludes halogenated alkanes) is 7. The highest BCUT2D eigenvalue weighted by Crippen LogP contribution is 2.37. The number of anilines is 2. The van der Waals surface area contributed by atoms with Gasteiger partial charge in [-0.05, 0) is 80.1 Å². The summed E-state index contributed by atoms with van der Waals surface area (Å²) in [4.78, 5) is 41.6. The number of aromatic nitrogens is 2. The Kier molecular flexibility index (Phi) is 15.6. The number of aromatic amines is 1.